The van der Waals surface area contributed by atoms with E-state index in [9.17, 15) is 13.2 Å². The predicted octanol–water partition coefficient (Wildman–Crippen LogP) is 2.24. The fourth-order valence-electron chi connectivity index (χ4n) is 2.75. The summed E-state index contributed by atoms with van der Waals surface area (Å²) >= 11 is 0. The first-order valence-corrected chi connectivity index (χ1v) is 9.27. The highest BCUT2D eigenvalue weighted by atomic mass is 32.2. The third-order valence-electron chi connectivity index (χ3n) is 3.94. The van der Waals surface area contributed by atoms with Crippen molar-refractivity contribution in [1.82, 2.24) is 4.98 Å². The molecule has 0 spiro atoms. The second-order valence-corrected chi connectivity index (χ2v) is 7.58. The molecule has 0 atom stereocenters. The van der Waals surface area contributed by atoms with Gasteiger partial charge in [0.05, 0.1) is 17.1 Å². The van der Waals surface area contributed by atoms with Crippen LogP contribution in [0, 0.1) is 13.8 Å². The molecule has 8 heteroatoms. The molecule has 1 aromatic carbocycles. The topological polar surface area (TPSA) is 88.6 Å². The fraction of sp³-hybridized carbons (Fsp3) is 0.294. The highest BCUT2D eigenvalue weighted by Crippen LogP contribution is 2.36. The maximum absolute atomic E-state index is 12.7. The smallest absolute Gasteiger partial charge is 0.263 e. The van der Waals surface area contributed by atoms with E-state index in [-0.39, 0.29) is 16.6 Å². The van der Waals surface area contributed by atoms with Crippen molar-refractivity contribution in [2.45, 2.75) is 25.7 Å². The number of aryl methyl sites for hydroxylation is 2. The number of rotatable bonds is 3. The van der Waals surface area contributed by atoms with Crippen LogP contribution in [0.5, 0.6) is 5.75 Å². The van der Waals surface area contributed by atoms with Crippen LogP contribution in [0.2, 0.25) is 0 Å². The summed E-state index contributed by atoms with van der Waals surface area (Å²) < 4.78 is 33.5. The number of carbonyl (C=O) groups is 1. The lowest BCUT2D eigenvalue weighted by molar-refractivity contribution is -0.116. The molecule has 3 rings (SSSR count). The average molecular weight is 361 g/mol. The van der Waals surface area contributed by atoms with Crippen LogP contribution in [-0.2, 0) is 14.8 Å². The summed E-state index contributed by atoms with van der Waals surface area (Å²) in [6.07, 6.45) is 1.54. The molecule has 132 valence electrons. The Labute approximate surface area is 146 Å². The highest BCUT2D eigenvalue weighted by molar-refractivity contribution is 7.92. The normalized spacial score (nSPS) is 13.8. The number of anilines is 2. The van der Waals surface area contributed by atoms with E-state index in [0.29, 0.717) is 30.2 Å². The van der Waals surface area contributed by atoms with Crippen molar-refractivity contribution < 1.29 is 17.9 Å². The molecule has 0 saturated heterocycles. The minimum absolute atomic E-state index is 0.0972. The van der Waals surface area contributed by atoms with E-state index >= 15 is 0 Å². The molecule has 0 fully saturated rings. The average Bonchev–Trinajstić information content (AvgIpc) is 2.53. The van der Waals surface area contributed by atoms with E-state index in [4.69, 9.17) is 4.74 Å². The molecular formula is C17H19N3O4S. The molecule has 1 aliphatic heterocycles. The number of benzene rings is 1. The van der Waals surface area contributed by atoms with Gasteiger partial charge in [-0.1, -0.05) is 0 Å². The number of hydrogen-bond acceptors (Lipinski definition) is 5. The van der Waals surface area contributed by atoms with Crippen LogP contribution >= 0.6 is 0 Å². The number of pyridine rings is 1. The Morgan fingerprint density at radius 1 is 1.28 bits per heavy atom. The molecule has 2 heterocycles. The van der Waals surface area contributed by atoms with E-state index < -0.39 is 10.0 Å². The Morgan fingerprint density at radius 3 is 2.72 bits per heavy atom. The van der Waals surface area contributed by atoms with Crippen LogP contribution in [0.1, 0.15) is 18.1 Å². The van der Waals surface area contributed by atoms with Crippen molar-refractivity contribution in [2.24, 2.45) is 0 Å². The third kappa shape index (κ3) is 3.43. The van der Waals surface area contributed by atoms with Gasteiger partial charge in [-0.05, 0) is 43.2 Å². The van der Waals surface area contributed by atoms with E-state index in [1.165, 1.54) is 13.0 Å². The number of carbonyl (C=O) groups excluding carboxylic acids is 1. The lowest BCUT2D eigenvalue weighted by Gasteiger charge is -2.29. The van der Waals surface area contributed by atoms with Gasteiger partial charge >= 0.3 is 0 Å². The van der Waals surface area contributed by atoms with Gasteiger partial charge in [0, 0.05) is 19.2 Å². The standard InChI is InChI=1S/C17H19N3O4S/c1-11-4-5-18-17(8-11)19-25(22,23)16-10-15-14(9-12(16)2)20(13(3)21)6-7-24-15/h4-5,8-10H,6-7H2,1-3H3,(H,18,19). The molecule has 1 N–H and O–H groups in total. The minimum atomic E-state index is -3.83. The van der Waals surface area contributed by atoms with Crippen molar-refractivity contribution in [3.05, 3.63) is 41.6 Å². The lowest BCUT2D eigenvalue weighted by atomic mass is 10.1. The minimum Gasteiger partial charge on any atom is -0.489 e. The summed E-state index contributed by atoms with van der Waals surface area (Å²) in [4.78, 5) is 17.5. The van der Waals surface area contributed by atoms with Crippen molar-refractivity contribution in [3.8, 4) is 5.75 Å². The second-order valence-electron chi connectivity index (χ2n) is 5.93. The van der Waals surface area contributed by atoms with Gasteiger partial charge in [-0.2, -0.15) is 0 Å². The molecular weight excluding hydrogens is 342 g/mol. The molecule has 1 aliphatic rings. The molecule has 1 amide bonds. The zero-order chi connectivity index (χ0) is 18.2. The quantitative estimate of drug-likeness (QED) is 0.906. The number of nitrogens with zero attached hydrogens (tertiary/aromatic N) is 2. The van der Waals surface area contributed by atoms with E-state index in [2.05, 4.69) is 9.71 Å². The fourth-order valence-corrected chi connectivity index (χ4v) is 3.99. The van der Waals surface area contributed by atoms with Gasteiger partial charge in [0.15, 0.2) is 0 Å². The Morgan fingerprint density at radius 2 is 2.04 bits per heavy atom. The third-order valence-corrected chi connectivity index (χ3v) is 5.44. The van der Waals surface area contributed by atoms with Crippen LogP contribution < -0.4 is 14.4 Å². The number of aromatic nitrogens is 1. The molecule has 0 unspecified atom stereocenters. The summed E-state index contributed by atoms with van der Waals surface area (Å²) in [6.45, 7) is 5.78. The van der Waals surface area contributed by atoms with Crippen LogP contribution in [-0.4, -0.2) is 32.5 Å². The second kappa shape index (κ2) is 6.36. The Balaban J connectivity index is 2.01. The van der Waals surface area contributed by atoms with Crippen LogP contribution in [0.25, 0.3) is 0 Å². The van der Waals surface area contributed by atoms with Crippen molar-refractivity contribution in [2.75, 3.05) is 22.8 Å². The number of hydrogen-bond donors (Lipinski definition) is 1. The number of fused-ring (bicyclic) bond motifs is 1. The van der Waals surface area contributed by atoms with Gasteiger partial charge in [0.25, 0.3) is 10.0 Å². The van der Waals surface area contributed by atoms with Gasteiger partial charge in [-0.3, -0.25) is 9.52 Å². The van der Waals surface area contributed by atoms with Crippen LogP contribution in [0.3, 0.4) is 0 Å². The SMILES string of the molecule is CC(=O)N1CCOc2cc(S(=O)(=O)Nc3cc(C)ccn3)c(C)cc21. The van der Waals surface area contributed by atoms with Gasteiger partial charge in [-0.25, -0.2) is 13.4 Å². The maximum atomic E-state index is 12.7. The summed E-state index contributed by atoms with van der Waals surface area (Å²) in [5, 5.41) is 0. The van der Waals surface area contributed by atoms with Gasteiger partial charge in [-0.15, -0.1) is 0 Å². The predicted molar refractivity (Wildman–Crippen MR) is 94.5 cm³/mol. The number of sulfonamides is 1. The molecule has 0 aliphatic carbocycles. The van der Waals surface area contributed by atoms with E-state index in [1.807, 2.05) is 6.92 Å². The van der Waals surface area contributed by atoms with E-state index in [1.54, 1.807) is 36.2 Å². The van der Waals surface area contributed by atoms with Crippen molar-refractivity contribution in [1.29, 1.82) is 0 Å². The first-order chi connectivity index (χ1) is 11.8. The first-order valence-electron chi connectivity index (χ1n) is 7.79. The van der Waals surface area contributed by atoms with E-state index in [0.717, 1.165) is 5.56 Å². The largest absolute Gasteiger partial charge is 0.489 e. The molecule has 0 bridgehead atoms. The molecule has 25 heavy (non-hydrogen) atoms. The summed E-state index contributed by atoms with van der Waals surface area (Å²) in [7, 11) is -3.83. The number of amides is 1. The number of nitrogens with one attached hydrogen (secondary N) is 1. The monoisotopic (exact) mass is 361 g/mol. The van der Waals surface area contributed by atoms with Crippen LogP contribution in [0.4, 0.5) is 11.5 Å². The Kier molecular flexibility index (Phi) is 4.38. The van der Waals surface area contributed by atoms with Crippen molar-refractivity contribution >= 4 is 27.4 Å². The molecule has 0 radical (unpaired) electrons. The zero-order valence-electron chi connectivity index (χ0n) is 14.2. The van der Waals surface area contributed by atoms with Gasteiger partial charge in [0.2, 0.25) is 5.91 Å². The zero-order valence-corrected chi connectivity index (χ0v) is 15.1. The first kappa shape index (κ1) is 17.2. The molecule has 7 nitrogen and oxygen atoms in total. The molecule has 0 saturated carbocycles. The van der Waals surface area contributed by atoms with Gasteiger partial charge in [0.1, 0.15) is 18.2 Å². The lowest BCUT2D eigenvalue weighted by Crippen LogP contribution is -2.36. The summed E-state index contributed by atoms with van der Waals surface area (Å²) in [6, 6.07) is 6.55. The Hall–Kier alpha value is -2.61. The summed E-state index contributed by atoms with van der Waals surface area (Å²) in [5.74, 6) is 0.523. The molecule has 1 aromatic heterocycles. The summed E-state index contributed by atoms with van der Waals surface area (Å²) in [5.41, 5.74) is 2.01. The maximum Gasteiger partial charge on any atom is 0.263 e. The van der Waals surface area contributed by atoms with Gasteiger partial charge < -0.3 is 9.64 Å². The van der Waals surface area contributed by atoms with Crippen LogP contribution in [0.15, 0.2) is 35.4 Å². The molecule has 2 aromatic rings. The highest BCUT2D eigenvalue weighted by Gasteiger charge is 2.26. The number of ether oxygens (including phenoxy) is 1. The Bertz CT molecular complexity index is 941. The van der Waals surface area contributed by atoms with Crippen molar-refractivity contribution in [3.63, 3.8) is 0 Å².